The third-order valence-electron chi connectivity index (χ3n) is 6.67. The second-order valence-corrected chi connectivity index (χ2v) is 9.05. The van der Waals surface area contributed by atoms with Gasteiger partial charge >= 0.3 is 0 Å². The zero-order valence-corrected chi connectivity index (χ0v) is 21.7. The van der Waals surface area contributed by atoms with E-state index >= 15 is 0 Å². The summed E-state index contributed by atoms with van der Waals surface area (Å²) in [5, 5.41) is 14.4. The molecule has 0 aliphatic heterocycles. The number of aromatic amines is 1. The lowest BCUT2D eigenvalue weighted by atomic mass is 10.0. The number of aromatic nitrogens is 2. The number of para-hydroxylation sites is 1. The molecule has 39 heavy (non-hydrogen) atoms. The third kappa shape index (κ3) is 5.08. The van der Waals surface area contributed by atoms with Gasteiger partial charge in [0.2, 0.25) is 5.75 Å². The fourth-order valence-electron chi connectivity index (χ4n) is 4.75. The number of carbonyl (C=O) groups excluding carboxylic acids is 1. The van der Waals surface area contributed by atoms with Gasteiger partial charge in [-0.05, 0) is 54.4 Å². The molecule has 2 heterocycles. The Labute approximate surface area is 224 Å². The van der Waals surface area contributed by atoms with Gasteiger partial charge in [0, 0.05) is 28.0 Å². The number of benzene rings is 3. The Hall–Kier alpha value is -4.63. The van der Waals surface area contributed by atoms with Gasteiger partial charge in [0.15, 0.2) is 11.5 Å². The summed E-state index contributed by atoms with van der Waals surface area (Å²) in [6.45, 7) is -0.275. The summed E-state index contributed by atoms with van der Waals surface area (Å²) in [6, 6.07) is 16.4. The molecule has 0 spiro atoms. The van der Waals surface area contributed by atoms with Crippen molar-refractivity contribution in [3.05, 3.63) is 83.8 Å². The second-order valence-electron chi connectivity index (χ2n) is 9.05. The Morgan fingerprint density at radius 2 is 1.74 bits per heavy atom. The molecule has 2 aromatic heterocycles. The van der Waals surface area contributed by atoms with Gasteiger partial charge in [-0.15, -0.1) is 0 Å². The number of nitrogens with one attached hydrogen (secondary N) is 2. The number of fused-ring (bicyclic) bond motifs is 2. The molecule has 0 saturated heterocycles. The molecule has 5 rings (SSSR count). The monoisotopic (exact) mass is 529 g/mol. The van der Waals surface area contributed by atoms with E-state index in [2.05, 4.69) is 15.3 Å². The highest BCUT2D eigenvalue weighted by Crippen LogP contribution is 2.41. The molecule has 3 N–H and O–H groups in total. The van der Waals surface area contributed by atoms with Crippen molar-refractivity contribution in [2.45, 2.75) is 12.5 Å². The van der Waals surface area contributed by atoms with Crippen molar-refractivity contribution in [3.8, 4) is 28.5 Å². The topological polar surface area (TPSA) is 106 Å². The van der Waals surface area contributed by atoms with Crippen LogP contribution in [0.5, 0.6) is 17.2 Å². The van der Waals surface area contributed by atoms with Crippen molar-refractivity contribution in [1.29, 1.82) is 0 Å². The van der Waals surface area contributed by atoms with Gasteiger partial charge in [-0.1, -0.05) is 18.2 Å². The zero-order chi connectivity index (χ0) is 27.5. The van der Waals surface area contributed by atoms with Gasteiger partial charge in [0.1, 0.15) is 5.82 Å². The Bertz CT molecular complexity index is 1640. The molecule has 5 aromatic rings. The van der Waals surface area contributed by atoms with E-state index in [1.165, 1.54) is 39.5 Å². The van der Waals surface area contributed by atoms with Gasteiger partial charge in [-0.3, -0.25) is 4.79 Å². The van der Waals surface area contributed by atoms with E-state index in [0.717, 1.165) is 16.5 Å². The van der Waals surface area contributed by atoms with Crippen molar-refractivity contribution >= 4 is 27.7 Å². The molecule has 1 atom stereocenters. The molecule has 0 unspecified atom stereocenters. The first-order valence-corrected chi connectivity index (χ1v) is 12.3. The van der Waals surface area contributed by atoms with Gasteiger partial charge in [0.05, 0.1) is 50.8 Å². The standard InChI is InChI=1S/C30H28FN3O5/c1-37-27-11-17(12-28(38-2)29(27)39-3)26-14-23(22-13-19(31)8-9-25(22)34-26)30(36)33-20(16-35)10-18-15-32-24-7-5-4-6-21(18)24/h4-9,11-15,20,32,35H,10,16H2,1-3H3,(H,33,36)/t20-/m1/s1. The highest BCUT2D eigenvalue weighted by atomic mass is 19.1. The van der Waals surface area contributed by atoms with Gasteiger partial charge < -0.3 is 29.6 Å². The quantitative estimate of drug-likeness (QED) is 0.251. The minimum Gasteiger partial charge on any atom is -0.493 e. The SMILES string of the molecule is COc1cc(-c2cc(C(=O)N[C@@H](CO)Cc3c[nH]c4ccccc34)c3cc(F)ccc3n2)cc(OC)c1OC. The normalized spacial score (nSPS) is 11.9. The van der Waals surface area contributed by atoms with Crippen LogP contribution >= 0.6 is 0 Å². The minimum absolute atomic E-state index is 0.223. The van der Waals surface area contributed by atoms with Crippen molar-refractivity contribution in [2.24, 2.45) is 0 Å². The number of H-pyrrole nitrogens is 1. The maximum atomic E-state index is 14.3. The first-order chi connectivity index (χ1) is 18.9. The number of rotatable bonds is 9. The van der Waals surface area contributed by atoms with Gasteiger partial charge in [-0.2, -0.15) is 0 Å². The number of pyridine rings is 1. The molecule has 0 aliphatic carbocycles. The number of halogens is 1. The number of nitrogens with zero attached hydrogens (tertiary/aromatic N) is 1. The van der Waals surface area contributed by atoms with E-state index in [4.69, 9.17) is 14.2 Å². The fraction of sp³-hybridized carbons (Fsp3) is 0.200. The van der Waals surface area contributed by atoms with E-state index in [9.17, 15) is 14.3 Å². The smallest absolute Gasteiger partial charge is 0.252 e. The fourth-order valence-corrected chi connectivity index (χ4v) is 4.75. The summed E-state index contributed by atoms with van der Waals surface area (Å²) in [5.74, 6) is 0.334. The van der Waals surface area contributed by atoms with Crippen LogP contribution in [0.4, 0.5) is 4.39 Å². The van der Waals surface area contributed by atoms with Crippen molar-refractivity contribution in [1.82, 2.24) is 15.3 Å². The Morgan fingerprint density at radius 1 is 1.00 bits per heavy atom. The Balaban J connectivity index is 1.54. The van der Waals surface area contributed by atoms with E-state index in [0.29, 0.717) is 45.8 Å². The van der Waals surface area contributed by atoms with Crippen LogP contribution in [0.2, 0.25) is 0 Å². The summed E-state index contributed by atoms with van der Waals surface area (Å²) >= 11 is 0. The summed E-state index contributed by atoms with van der Waals surface area (Å²) < 4.78 is 30.6. The van der Waals surface area contributed by atoms with Crippen LogP contribution in [0.25, 0.3) is 33.1 Å². The lowest BCUT2D eigenvalue weighted by Gasteiger charge is -2.18. The summed E-state index contributed by atoms with van der Waals surface area (Å²) in [5.41, 5.74) is 3.67. The molecule has 0 radical (unpaired) electrons. The van der Waals surface area contributed by atoms with Crippen LogP contribution in [-0.2, 0) is 6.42 Å². The van der Waals surface area contributed by atoms with Crippen molar-refractivity contribution in [3.63, 3.8) is 0 Å². The number of aliphatic hydroxyl groups excluding tert-OH is 1. The molecule has 0 saturated carbocycles. The largest absolute Gasteiger partial charge is 0.493 e. The highest BCUT2D eigenvalue weighted by Gasteiger charge is 2.21. The molecule has 9 heteroatoms. The first kappa shape index (κ1) is 26.0. The Kier molecular flexibility index (Phi) is 7.33. The minimum atomic E-state index is -0.571. The molecule has 8 nitrogen and oxygen atoms in total. The first-order valence-electron chi connectivity index (χ1n) is 12.3. The number of methoxy groups -OCH3 is 3. The molecule has 0 aliphatic rings. The van der Waals surface area contributed by atoms with Crippen LogP contribution in [0.3, 0.4) is 0 Å². The molecule has 3 aromatic carbocycles. The van der Waals surface area contributed by atoms with E-state index in [-0.39, 0.29) is 12.2 Å². The van der Waals surface area contributed by atoms with Crippen LogP contribution in [0.15, 0.2) is 66.9 Å². The van der Waals surface area contributed by atoms with E-state index in [1.54, 1.807) is 18.2 Å². The summed E-state index contributed by atoms with van der Waals surface area (Å²) in [4.78, 5) is 21.5. The summed E-state index contributed by atoms with van der Waals surface area (Å²) in [7, 11) is 4.54. The lowest BCUT2D eigenvalue weighted by Crippen LogP contribution is -2.39. The van der Waals surface area contributed by atoms with E-state index < -0.39 is 17.8 Å². The number of ether oxygens (including phenoxy) is 3. The predicted molar refractivity (Wildman–Crippen MR) is 147 cm³/mol. The lowest BCUT2D eigenvalue weighted by molar-refractivity contribution is 0.0918. The molecule has 200 valence electrons. The average Bonchev–Trinajstić information content (AvgIpc) is 3.37. The molecular weight excluding hydrogens is 501 g/mol. The van der Waals surface area contributed by atoms with Crippen molar-refractivity contribution < 1.29 is 28.5 Å². The number of amides is 1. The number of carbonyl (C=O) groups is 1. The van der Waals surface area contributed by atoms with Crippen molar-refractivity contribution in [2.75, 3.05) is 27.9 Å². The zero-order valence-electron chi connectivity index (χ0n) is 21.7. The van der Waals surface area contributed by atoms with Crippen LogP contribution in [0, 0.1) is 5.82 Å². The average molecular weight is 530 g/mol. The second kappa shape index (κ2) is 11.0. The molecule has 0 fully saturated rings. The van der Waals surface area contributed by atoms with E-state index in [1.807, 2.05) is 30.5 Å². The predicted octanol–water partition coefficient (Wildman–Crippen LogP) is 4.88. The van der Waals surface area contributed by atoms with Crippen LogP contribution in [-0.4, -0.2) is 55.0 Å². The summed E-state index contributed by atoms with van der Waals surface area (Å²) in [6.07, 6.45) is 2.28. The van der Waals surface area contributed by atoms with Gasteiger partial charge in [0.25, 0.3) is 5.91 Å². The number of aliphatic hydroxyl groups is 1. The molecule has 0 bridgehead atoms. The molecular formula is C30H28FN3O5. The number of hydrogen-bond donors (Lipinski definition) is 3. The van der Waals surface area contributed by atoms with Crippen LogP contribution in [0.1, 0.15) is 15.9 Å². The number of hydrogen-bond acceptors (Lipinski definition) is 6. The maximum absolute atomic E-state index is 14.3. The van der Waals surface area contributed by atoms with Crippen LogP contribution < -0.4 is 19.5 Å². The van der Waals surface area contributed by atoms with Gasteiger partial charge in [-0.25, -0.2) is 9.37 Å². The highest BCUT2D eigenvalue weighted by molar-refractivity contribution is 6.07. The third-order valence-corrected chi connectivity index (χ3v) is 6.67. The molecule has 1 amide bonds. The Morgan fingerprint density at radius 3 is 2.44 bits per heavy atom. The maximum Gasteiger partial charge on any atom is 0.252 e.